The lowest BCUT2D eigenvalue weighted by molar-refractivity contribution is 0.0954. The minimum absolute atomic E-state index is 0.159. The molecule has 26 heavy (non-hydrogen) atoms. The third kappa shape index (κ3) is 5.57. The fraction of sp³-hybridized carbons (Fsp3) is 0.316. The Morgan fingerprint density at radius 1 is 1.04 bits per heavy atom. The van der Waals surface area contributed by atoms with Gasteiger partial charge in [-0.15, -0.1) is 0 Å². The molecule has 0 radical (unpaired) electrons. The van der Waals surface area contributed by atoms with Gasteiger partial charge in [-0.1, -0.05) is 12.1 Å². The van der Waals surface area contributed by atoms with Crippen molar-refractivity contribution >= 4 is 15.9 Å². The summed E-state index contributed by atoms with van der Waals surface area (Å²) in [5.41, 5.74) is 1.51. The van der Waals surface area contributed by atoms with E-state index in [9.17, 15) is 13.2 Å². The van der Waals surface area contributed by atoms with Crippen molar-refractivity contribution in [3.63, 3.8) is 0 Å². The van der Waals surface area contributed by atoms with Gasteiger partial charge in [0.1, 0.15) is 5.75 Å². The van der Waals surface area contributed by atoms with Crippen molar-refractivity contribution in [2.75, 3.05) is 13.7 Å². The van der Waals surface area contributed by atoms with Crippen LogP contribution in [0.3, 0.4) is 0 Å². The molecule has 140 valence electrons. The van der Waals surface area contributed by atoms with Gasteiger partial charge in [0, 0.05) is 18.2 Å². The van der Waals surface area contributed by atoms with Crippen molar-refractivity contribution in [2.45, 2.75) is 31.2 Å². The number of amides is 1. The van der Waals surface area contributed by atoms with Crippen LogP contribution in [0.1, 0.15) is 29.8 Å². The highest BCUT2D eigenvalue weighted by molar-refractivity contribution is 7.89. The predicted molar refractivity (Wildman–Crippen MR) is 101 cm³/mol. The normalized spacial score (nSPS) is 11.4. The monoisotopic (exact) mass is 376 g/mol. The van der Waals surface area contributed by atoms with Crippen LogP contribution >= 0.6 is 0 Å². The first kappa shape index (κ1) is 19.9. The third-order valence-corrected chi connectivity index (χ3v) is 5.35. The highest BCUT2D eigenvalue weighted by Gasteiger charge is 2.14. The summed E-state index contributed by atoms with van der Waals surface area (Å²) in [5.74, 6) is 0.538. The Hall–Kier alpha value is -2.38. The minimum Gasteiger partial charge on any atom is -0.497 e. The molecule has 0 heterocycles. The Morgan fingerprint density at radius 3 is 2.19 bits per heavy atom. The Bertz CT molecular complexity index is 829. The number of hydrogen-bond acceptors (Lipinski definition) is 4. The van der Waals surface area contributed by atoms with Gasteiger partial charge in [-0.2, -0.15) is 0 Å². The maximum absolute atomic E-state index is 12.1. The molecule has 1 amide bonds. The first-order valence-electron chi connectivity index (χ1n) is 8.35. The molecule has 6 nitrogen and oxygen atoms in total. The molecule has 0 aromatic heterocycles. The highest BCUT2D eigenvalue weighted by atomic mass is 32.2. The summed E-state index contributed by atoms with van der Waals surface area (Å²) in [7, 11) is -1.91. The number of carbonyl (C=O) groups is 1. The number of benzene rings is 2. The fourth-order valence-electron chi connectivity index (χ4n) is 2.38. The van der Waals surface area contributed by atoms with E-state index in [-0.39, 0.29) is 16.8 Å². The molecule has 0 fully saturated rings. The van der Waals surface area contributed by atoms with Crippen LogP contribution in [0.25, 0.3) is 0 Å². The van der Waals surface area contributed by atoms with Crippen LogP contribution in [-0.2, 0) is 16.4 Å². The van der Waals surface area contributed by atoms with E-state index in [0.717, 1.165) is 5.56 Å². The van der Waals surface area contributed by atoms with Crippen molar-refractivity contribution in [2.24, 2.45) is 0 Å². The molecule has 2 N–H and O–H groups in total. The Labute approximate surface area is 154 Å². The van der Waals surface area contributed by atoms with E-state index in [4.69, 9.17) is 4.74 Å². The van der Waals surface area contributed by atoms with Crippen LogP contribution in [0.5, 0.6) is 5.75 Å². The average molecular weight is 376 g/mol. The van der Waals surface area contributed by atoms with Gasteiger partial charge >= 0.3 is 0 Å². The van der Waals surface area contributed by atoms with Gasteiger partial charge < -0.3 is 10.1 Å². The number of sulfonamides is 1. The predicted octanol–water partition coefficient (Wildman–Crippen LogP) is 2.35. The first-order chi connectivity index (χ1) is 12.3. The lowest BCUT2D eigenvalue weighted by Gasteiger charge is -2.10. The van der Waals surface area contributed by atoms with Gasteiger partial charge in [-0.25, -0.2) is 13.1 Å². The van der Waals surface area contributed by atoms with Crippen LogP contribution in [-0.4, -0.2) is 34.0 Å². The Morgan fingerprint density at radius 2 is 1.65 bits per heavy atom. The summed E-state index contributed by atoms with van der Waals surface area (Å²) in [4.78, 5) is 12.3. The molecule has 0 aliphatic heterocycles. The van der Waals surface area contributed by atoms with E-state index < -0.39 is 10.0 Å². The smallest absolute Gasteiger partial charge is 0.251 e. The number of rotatable bonds is 8. The van der Waals surface area contributed by atoms with Gasteiger partial charge in [0.05, 0.1) is 12.0 Å². The molecular formula is C19H24N2O4S. The van der Waals surface area contributed by atoms with Gasteiger partial charge in [-0.3, -0.25) is 4.79 Å². The second-order valence-electron chi connectivity index (χ2n) is 6.15. The molecule has 2 aromatic carbocycles. The quantitative estimate of drug-likeness (QED) is 0.741. The van der Waals surface area contributed by atoms with Crippen molar-refractivity contribution in [1.29, 1.82) is 0 Å². The number of hydrogen-bond donors (Lipinski definition) is 2. The molecule has 7 heteroatoms. The summed E-state index contributed by atoms with van der Waals surface area (Å²) >= 11 is 0. The van der Waals surface area contributed by atoms with Gasteiger partial charge in [0.15, 0.2) is 0 Å². The maximum atomic E-state index is 12.1. The Balaban J connectivity index is 1.88. The number of nitrogens with one attached hydrogen (secondary N) is 2. The molecule has 2 aromatic rings. The van der Waals surface area contributed by atoms with E-state index in [1.807, 2.05) is 0 Å². The largest absolute Gasteiger partial charge is 0.497 e. The van der Waals surface area contributed by atoms with Crippen LogP contribution in [0, 0.1) is 0 Å². The first-order valence-corrected chi connectivity index (χ1v) is 9.83. The maximum Gasteiger partial charge on any atom is 0.251 e. The molecule has 0 aliphatic rings. The van der Waals surface area contributed by atoms with Crippen LogP contribution < -0.4 is 14.8 Å². The Kier molecular flexibility index (Phi) is 6.76. The summed E-state index contributed by atoms with van der Waals surface area (Å²) in [6.07, 6.45) is 0.611. The van der Waals surface area contributed by atoms with E-state index in [0.29, 0.717) is 24.3 Å². The molecule has 0 spiro atoms. The summed E-state index contributed by atoms with van der Waals surface area (Å²) in [5, 5.41) is 2.85. The molecule has 0 bridgehead atoms. The zero-order valence-corrected chi connectivity index (χ0v) is 16.0. The highest BCUT2D eigenvalue weighted by Crippen LogP contribution is 2.12. The van der Waals surface area contributed by atoms with Crippen molar-refractivity contribution in [1.82, 2.24) is 10.0 Å². The van der Waals surface area contributed by atoms with Crippen LogP contribution in [0.15, 0.2) is 53.4 Å². The molecule has 0 saturated heterocycles. The lowest BCUT2D eigenvalue weighted by Crippen LogP contribution is -2.30. The van der Waals surface area contributed by atoms with Crippen molar-refractivity contribution in [3.8, 4) is 5.75 Å². The zero-order chi connectivity index (χ0) is 19.2. The van der Waals surface area contributed by atoms with Crippen molar-refractivity contribution in [3.05, 3.63) is 59.7 Å². The van der Waals surface area contributed by atoms with E-state index in [1.54, 1.807) is 69.5 Å². The summed E-state index contributed by atoms with van der Waals surface area (Å²) in [6.45, 7) is 4.01. The van der Waals surface area contributed by atoms with E-state index >= 15 is 0 Å². The molecule has 2 rings (SSSR count). The number of ether oxygens (including phenoxy) is 1. The summed E-state index contributed by atoms with van der Waals surface area (Å²) < 4.78 is 31.8. The number of carbonyl (C=O) groups excluding carboxylic acids is 1. The van der Waals surface area contributed by atoms with E-state index in [1.165, 1.54) is 0 Å². The molecule has 0 atom stereocenters. The second kappa shape index (κ2) is 8.82. The third-order valence-electron chi connectivity index (χ3n) is 3.68. The minimum atomic E-state index is -3.48. The second-order valence-corrected chi connectivity index (χ2v) is 7.87. The standard InChI is InChI=1S/C19H24N2O4S/c1-14(2)21-26(23,24)18-10-4-15(5-11-18)12-13-20-19(22)16-6-8-17(25-3)9-7-16/h4-11,14,21H,12-13H2,1-3H3,(H,20,22). The molecule has 0 aliphatic carbocycles. The average Bonchev–Trinajstić information content (AvgIpc) is 2.61. The van der Waals surface area contributed by atoms with Gasteiger partial charge in [0.2, 0.25) is 10.0 Å². The molecule has 0 unspecified atom stereocenters. The number of methoxy groups -OCH3 is 1. The van der Waals surface area contributed by atoms with E-state index in [2.05, 4.69) is 10.0 Å². The molecular weight excluding hydrogens is 352 g/mol. The summed E-state index contributed by atoms with van der Waals surface area (Å²) in [6, 6.07) is 13.4. The van der Waals surface area contributed by atoms with Gasteiger partial charge in [-0.05, 0) is 62.2 Å². The van der Waals surface area contributed by atoms with Crippen LogP contribution in [0.2, 0.25) is 0 Å². The zero-order valence-electron chi connectivity index (χ0n) is 15.2. The SMILES string of the molecule is COc1ccc(C(=O)NCCc2ccc(S(=O)(=O)NC(C)C)cc2)cc1. The molecule has 0 saturated carbocycles. The van der Waals surface area contributed by atoms with Gasteiger partial charge in [0.25, 0.3) is 5.91 Å². The lowest BCUT2D eigenvalue weighted by atomic mass is 10.1. The van der Waals surface area contributed by atoms with Crippen LogP contribution in [0.4, 0.5) is 0 Å². The fourth-order valence-corrected chi connectivity index (χ4v) is 3.63. The topological polar surface area (TPSA) is 84.5 Å². The van der Waals surface area contributed by atoms with Crippen molar-refractivity contribution < 1.29 is 17.9 Å².